The summed E-state index contributed by atoms with van der Waals surface area (Å²) in [5, 5.41) is 19.8. The summed E-state index contributed by atoms with van der Waals surface area (Å²) in [6.45, 7) is 5.12. The van der Waals surface area contributed by atoms with Crippen molar-refractivity contribution >= 4 is 6.01 Å². The first-order valence-electron chi connectivity index (χ1n) is 5.88. The van der Waals surface area contributed by atoms with Crippen LogP contribution in [0.15, 0.2) is 4.42 Å². The molecule has 0 saturated carbocycles. The average molecular weight is 241 g/mol. The highest BCUT2D eigenvalue weighted by atomic mass is 16.4. The van der Waals surface area contributed by atoms with Crippen molar-refractivity contribution in [1.29, 1.82) is 0 Å². The molecular formula is C10H19N5O2. The second kappa shape index (κ2) is 5.95. The number of piperazine rings is 1. The number of aromatic nitrogens is 2. The number of β-amino-alcohol motifs (C(OH)–C–C–N with tert-alkyl or cyclic N) is 1. The van der Waals surface area contributed by atoms with E-state index in [1.165, 1.54) is 0 Å². The molecule has 7 heteroatoms. The van der Waals surface area contributed by atoms with Gasteiger partial charge in [-0.2, -0.15) is 0 Å². The first-order valence-corrected chi connectivity index (χ1v) is 5.88. The standard InChI is InChI=1S/C10H19N5O2/c1-11-8-9-12-13-10(17-9)15-4-2-14(3-5-15)6-7-16/h11,16H,2-8H2,1H3. The van der Waals surface area contributed by atoms with Crippen molar-refractivity contribution in [3.8, 4) is 0 Å². The maximum atomic E-state index is 8.86. The fourth-order valence-corrected chi connectivity index (χ4v) is 1.90. The van der Waals surface area contributed by atoms with Gasteiger partial charge in [-0.1, -0.05) is 5.10 Å². The maximum absolute atomic E-state index is 8.86. The predicted molar refractivity (Wildman–Crippen MR) is 62.8 cm³/mol. The van der Waals surface area contributed by atoms with E-state index in [9.17, 15) is 0 Å². The van der Waals surface area contributed by atoms with Crippen LogP contribution in [0.1, 0.15) is 5.89 Å². The molecule has 1 aliphatic rings. The van der Waals surface area contributed by atoms with Crippen LogP contribution in [0.5, 0.6) is 0 Å². The lowest BCUT2D eigenvalue weighted by Crippen LogP contribution is -2.47. The minimum Gasteiger partial charge on any atom is -0.407 e. The highest BCUT2D eigenvalue weighted by Crippen LogP contribution is 2.14. The summed E-state index contributed by atoms with van der Waals surface area (Å²) in [6, 6.07) is 0.596. The Morgan fingerprint density at radius 3 is 2.71 bits per heavy atom. The number of aliphatic hydroxyl groups is 1. The van der Waals surface area contributed by atoms with E-state index < -0.39 is 0 Å². The second-order valence-electron chi connectivity index (χ2n) is 4.06. The molecule has 0 aliphatic carbocycles. The predicted octanol–water partition coefficient (Wildman–Crippen LogP) is -1.10. The Morgan fingerprint density at radius 1 is 1.29 bits per heavy atom. The molecule has 2 rings (SSSR count). The molecule has 7 nitrogen and oxygen atoms in total. The van der Waals surface area contributed by atoms with Gasteiger partial charge in [0.15, 0.2) is 0 Å². The van der Waals surface area contributed by atoms with Crippen molar-refractivity contribution in [3.63, 3.8) is 0 Å². The fraction of sp³-hybridized carbons (Fsp3) is 0.800. The smallest absolute Gasteiger partial charge is 0.318 e. The minimum absolute atomic E-state index is 0.215. The Kier molecular flexibility index (Phi) is 4.29. The molecule has 2 heterocycles. The van der Waals surface area contributed by atoms with Crippen molar-refractivity contribution in [2.45, 2.75) is 6.54 Å². The molecule has 0 spiro atoms. The van der Waals surface area contributed by atoms with Gasteiger partial charge in [0.05, 0.1) is 13.2 Å². The van der Waals surface area contributed by atoms with E-state index in [0.29, 0.717) is 18.5 Å². The van der Waals surface area contributed by atoms with Gasteiger partial charge in [0.1, 0.15) is 0 Å². The Labute approximate surface area is 100 Å². The van der Waals surface area contributed by atoms with Gasteiger partial charge in [-0.25, -0.2) is 0 Å². The number of aliphatic hydroxyl groups excluding tert-OH is 1. The van der Waals surface area contributed by atoms with Crippen molar-refractivity contribution in [3.05, 3.63) is 5.89 Å². The number of hydrogen-bond acceptors (Lipinski definition) is 7. The van der Waals surface area contributed by atoms with E-state index in [0.717, 1.165) is 32.7 Å². The molecule has 1 fully saturated rings. The maximum Gasteiger partial charge on any atom is 0.318 e. The lowest BCUT2D eigenvalue weighted by atomic mass is 10.3. The van der Waals surface area contributed by atoms with E-state index in [1.54, 1.807) is 0 Å². The van der Waals surface area contributed by atoms with E-state index in [4.69, 9.17) is 9.52 Å². The molecule has 0 unspecified atom stereocenters. The molecule has 0 aromatic carbocycles. The van der Waals surface area contributed by atoms with Gasteiger partial charge in [0, 0.05) is 32.7 Å². The number of nitrogens with zero attached hydrogens (tertiary/aromatic N) is 4. The normalized spacial score (nSPS) is 17.6. The number of hydrogen-bond donors (Lipinski definition) is 2. The van der Waals surface area contributed by atoms with E-state index in [-0.39, 0.29) is 6.61 Å². The Bertz CT molecular complexity index is 335. The summed E-state index contributed by atoms with van der Waals surface area (Å²) < 4.78 is 5.53. The Hall–Kier alpha value is -1.18. The van der Waals surface area contributed by atoms with Crippen LogP contribution in [0, 0.1) is 0 Å². The summed E-state index contributed by atoms with van der Waals surface area (Å²) in [5.41, 5.74) is 0. The van der Waals surface area contributed by atoms with Crippen molar-refractivity contribution in [2.24, 2.45) is 0 Å². The van der Waals surface area contributed by atoms with E-state index in [1.807, 2.05) is 7.05 Å². The highest BCUT2D eigenvalue weighted by molar-refractivity contribution is 5.25. The summed E-state index contributed by atoms with van der Waals surface area (Å²) in [5.74, 6) is 0.611. The van der Waals surface area contributed by atoms with Crippen LogP contribution in [-0.2, 0) is 6.54 Å². The first-order chi connectivity index (χ1) is 8.33. The van der Waals surface area contributed by atoms with Gasteiger partial charge >= 0.3 is 6.01 Å². The van der Waals surface area contributed by atoms with E-state index in [2.05, 4.69) is 25.3 Å². The molecule has 0 atom stereocenters. The van der Waals surface area contributed by atoms with Gasteiger partial charge in [0.25, 0.3) is 0 Å². The third-order valence-electron chi connectivity index (χ3n) is 2.84. The number of nitrogens with one attached hydrogen (secondary N) is 1. The van der Waals surface area contributed by atoms with Crippen LogP contribution < -0.4 is 10.2 Å². The molecule has 0 radical (unpaired) electrons. The van der Waals surface area contributed by atoms with Gasteiger partial charge in [-0.15, -0.1) is 5.10 Å². The number of anilines is 1. The van der Waals surface area contributed by atoms with Crippen molar-refractivity contribution < 1.29 is 9.52 Å². The third-order valence-corrected chi connectivity index (χ3v) is 2.84. The summed E-state index contributed by atoms with van der Waals surface area (Å²) in [7, 11) is 1.84. The zero-order chi connectivity index (χ0) is 12.1. The average Bonchev–Trinajstić information content (AvgIpc) is 2.80. The third kappa shape index (κ3) is 3.15. The largest absolute Gasteiger partial charge is 0.407 e. The second-order valence-corrected chi connectivity index (χ2v) is 4.06. The molecule has 2 N–H and O–H groups in total. The molecule has 17 heavy (non-hydrogen) atoms. The van der Waals surface area contributed by atoms with Gasteiger partial charge < -0.3 is 19.7 Å². The molecule has 96 valence electrons. The molecule has 1 aromatic heterocycles. The van der Waals surface area contributed by atoms with Gasteiger partial charge in [-0.05, 0) is 7.05 Å². The lowest BCUT2D eigenvalue weighted by Gasteiger charge is -2.33. The molecule has 0 bridgehead atoms. The van der Waals surface area contributed by atoms with Crippen molar-refractivity contribution in [2.75, 3.05) is 51.3 Å². The lowest BCUT2D eigenvalue weighted by molar-refractivity contribution is 0.187. The summed E-state index contributed by atoms with van der Waals surface area (Å²) in [4.78, 5) is 4.31. The van der Waals surface area contributed by atoms with Crippen LogP contribution >= 0.6 is 0 Å². The van der Waals surface area contributed by atoms with Gasteiger partial charge in [-0.3, -0.25) is 4.90 Å². The van der Waals surface area contributed by atoms with Crippen LogP contribution in [0.4, 0.5) is 6.01 Å². The SMILES string of the molecule is CNCc1nnc(N2CCN(CCO)CC2)o1. The summed E-state index contributed by atoms with van der Waals surface area (Å²) >= 11 is 0. The van der Waals surface area contributed by atoms with E-state index >= 15 is 0 Å². The molecular weight excluding hydrogens is 222 g/mol. The topological polar surface area (TPSA) is 77.7 Å². The highest BCUT2D eigenvalue weighted by Gasteiger charge is 2.20. The first kappa shape index (κ1) is 12.3. The minimum atomic E-state index is 0.215. The zero-order valence-corrected chi connectivity index (χ0v) is 10.1. The monoisotopic (exact) mass is 241 g/mol. The molecule has 0 amide bonds. The zero-order valence-electron chi connectivity index (χ0n) is 10.1. The van der Waals surface area contributed by atoms with Crippen LogP contribution in [0.2, 0.25) is 0 Å². The fourth-order valence-electron chi connectivity index (χ4n) is 1.90. The van der Waals surface area contributed by atoms with Crippen LogP contribution in [0.3, 0.4) is 0 Å². The number of rotatable bonds is 5. The Balaban J connectivity index is 1.86. The molecule has 1 saturated heterocycles. The van der Waals surface area contributed by atoms with Crippen LogP contribution in [-0.4, -0.2) is 66.6 Å². The molecule has 1 aromatic rings. The Morgan fingerprint density at radius 2 is 2.06 bits per heavy atom. The summed E-state index contributed by atoms with van der Waals surface area (Å²) in [6.07, 6.45) is 0. The van der Waals surface area contributed by atoms with Gasteiger partial charge in [0.2, 0.25) is 5.89 Å². The molecule has 1 aliphatic heterocycles. The van der Waals surface area contributed by atoms with Crippen LogP contribution in [0.25, 0.3) is 0 Å². The van der Waals surface area contributed by atoms with Crippen molar-refractivity contribution in [1.82, 2.24) is 20.4 Å². The quantitative estimate of drug-likeness (QED) is 0.677.